The molecule has 0 heterocycles. The van der Waals surface area contributed by atoms with Crippen LogP contribution >= 0.6 is 0 Å². The summed E-state index contributed by atoms with van der Waals surface area (Å²) in [6, 6.07) is 17.6. The lowest BCUT2D eigenvalue weighted by molar-refractivity contribution is 0.227. The number of nitrogens with two attached hydrogens (primary N) is 1. The molecule has 1 atom stereocenters. The second-order valence-electron chi connectivity index (χ2n) is 3.74. The molecule has 0 amide bonds. The second kappa shape index (κ2) is 4.71. The van der Waals surface area contributed by atoms with Gasteiger partial charge in [-0.2, -0.15) is 0 Å². The third-order valence-electron chi connectivity index (χ3n) is 2.44. The van der Waals surface area contributed by atoms with Gasteiger partial charge in [0.05, 0.1) is 0 Å². The molecule has 0 aliphatic heterocycles. The number of hydrogen-bond acceptors (Lipinski definition) is 2. The molecule has 0 spiro atoms. The second-order valence-corrected chi connectivity index (χ2v) is 3.74. The lowest BCUT2D eigenvalue weighted by atomic mass is 10.1. The van der Waals surface area contributed by atoms with Gasteiger partial charge in [-0.15, -0.1) is 0 Å². The molecule has 2 nitrogen and oxygen atoms in total. The molecule has 0 unspecified atom stereocenters. The average Bonchev–Trinajstić information content (AvgIpc) is 2.30. The van der Waals surface area contributed by atoms with E-state index in [0.29, 0.717) is 0 Å². The van der Waals surface area contributed by atoms with Crippen LogP contribution in [-0.2, 0) is 0 Å². The lowest BCUT2D eigenvalue weighted by Crippen LogP contribution is -2.02. The fourth-order valence-corrected chi connectivity index (χ4v) is 1.58. The van der Waals surface area contributed by atoms with E-state index in [2.05, 4.69) is 12.1 Å². The first-order chi connectivity index (χ1) is 7.75. The third-order valence-corrected chi connectivity index (χ3v) is 2.44. The first-order valence-corrected chi connectivity index (χ1v) is 5.33. The van der Waals surface area contributed by atoms with Crippen molar-refractivity contribution in [2.75, 3.05) is 5.73 Å². The molecular formula is C14H15NO. The molecule has 2 heteroatoms. The van der Waals surface area contributed by atoms with Gasteiger partial charge in [0.1, 0.15) is 11.9 Å². The Bertz CT molecular complexity index is 453. The van der Waals surface area contributed by atoms with Crippen LogP contribution in [-0.4, -0.2) is 0 Å². The molecule has 0 aliphatic rings. The molecule has 0 radical (unpaired) electrons. The number of rotatable bonds is 3. The van der Waals surface area contributed by atoms with Gasteiger partial charge in [0.15, 0.2) is 0 Å². The Morgan fingerprint density at radius 2 is 1.75 bits per heavy atom. The molecule has 0 bridgehead atoms. The Kier molecular flexibility index (Phi) is 3.10. The molecule has 0 aliphatic carbocycles. The topological polar surface area (TPSA) is 35.2 Å². The van der Waals surface area contributed by atoms with Crippen molar-refractivity contribution in [2.24, 2.45) is 0 Å². The van der Waals surface area contributed by atoms with Gasteiger partial charge in [-0.3, -0.25) is 0 Å². The first-order valence-electron chi connectivity index (χ1n) is 5.33. The summed E-state index contributed by atoms with van der Waals surface area (Å²) in [7, 11) is 0. The van der Waals surface area contributed by atoms with E-state index in [0.717, 1.165) is 17.0 Å². The molecule has 2 aromatic carbocycles. The van der Waals surface area contributed by atoms with Crippen molar-refractivity contribution in [2.45, 2.75) is 13.0 Å². The lowest BCUT2D eigenvalue weighted by Gasteiger charge is -2.15. The smallest absolute Gasteiger partial charge is 0.122 e. The molecule has 2 rings (SSSR count). The van der Waals surface area contributed by atoms with Crippen molar-refractivity contribution in [3.05, 3.63) is 60.2 Å². The predicted octanol–water partition coefficient (Wildman–Crippen LogP) is 3.41. The van der Waals surface area contributed by atoms with Crippen LogP contribution in [0.15, 0.2) is 54.6 Å². The van der Waals surface area contributed by atoms with E-state index in [9.17, 15) is 0 Å². The fourth-order valence-electron chi connectivity index (χ4n) is 1.58. The monoisotopic (exact) mass is 213 g/mol. The maximum absolute atomic E-state index is 5.80. The average molecular weight is 213 g/mol. The van der Waals surface area contributed by atoms with E-state index in [-0.39, 0.29) is 6.10 Å². The SMILES string of the molecule is C[C@@H](Oc1cccc(N)c1)c1ccccc1. The number of hydrogen-bond donors (Lipinski definition) is 1. The molecule has 2 N–H and O–H groups in total. The van der Waals surface area contributed by atoms with Crippen LogP contribution in [0.2, 0.25) is 0 Å². The van der Waals surface area contributed by atoms with E-state index in [4.69, 9.17) is 10.5 Å². The van der Waals surface area contributed by atoms with E-state index < -0.39 is 0 Å². The molecule has 2 aromatic rings. The van der Waals surface area contributed by atoms with Crippen molar-refractivity contribution in [3.8, 4) is 5.75 Å². The summed E-state index contributed by atoms with van der Waals surface area (Å²) >= 11 is 0. The molecule has 0 fully saturated rings. The minimum Gasteiger partial charge on any atom is -0.486 e. The normalized spacial score (nSPS) is 12.1. The van der Waals surface area contributed by atoms with E-state index in [1.807, 2.05) is 49.4 Å². The summed E-state index contributed by atoms with van der Waals surface area (Å²) < 4.78 is 5.80. The Hall–Kier alpha value is -1.96. The Morgan fingerprint density at radius 1 is 1.00 bits per heavy atom. The summed E-state index contributed by atoms with van der Waals surface area (Å²) in [6.07, 6.45) is 0.0306. The molecular weight excluding hydrogens is 198 g/mol. The van der Waals surface area contributed by atoms with Crippen molar-refractivity contribution in [1.82, 2.24) is 0 Å². The first kappa shape index (κ1) is 10.6. The van der Waals surface area contributed by atoms with Gasteiger partial charge in [-0.1, -0.05) is 36.4 Å². The van der Waals surface area contributed by atoms with Gasteiger partial charge in [-0.05, 0) is 24.6 Å². The largest absolute Gasteiger partial charge is 0.486 e. The van der Waals surface area contributed by atoms with Gasteiger partial charge in [0, 0.05) is 11.8 Å². The van der Waals surface area contributed by atoms with E-state index in [1.165, 1.54) is 0 Å². The van der Waals surface area contributed by atoms with Crippen molar-refractivity contribution >= 4 is 5.69 Å². The summed E-state index contributed by atoms with van der Waals surface area (Å²) in [6.45, 7) is 2.03. The van der Waals surface area contributed by atoms with Crippen LogP contribution in [0.3, 0.4) is 0 Å². The van der Waals surface area contributed by atoms with Crippen LogP contribution < -0.4 is 10.5 Å². The maximum atomic E-state index is 5.80. The minimum absolute atomic E-state index is 0.0306. The van der Waals surface area contributed by atoms with Crippen LogP contribution in [0.25, 0.3) is 0 Å². The highest BCUT2D eigenvalue weighted by molar-refractivity contribution is 5.43. The highest BCUT2D eigenvalue weighted by atomic mass is 16.5. The Balaban J connectivity index is 2.11. The van der Waals surface area contributed by atoms with Crippen molar-refractivity contribution in [3.63, 3.8) is 0 Å². The van der Waals surface area contributed by atoms with Gasteiger partial charge < -0.3 is 10.5 Å². The molecule has 0 saturated heterocycles. The highest BCUT2D eigenvalue weighted by Gasteiger charge is 2.06. The molecule has 16 heavy (non-hydrogen) atoms. The van der Waals surface area contributed by atoms with Crippen LogP contribution in [0, 0.1) is 0 Å². The zero-order chi connectivity index (χ0) is 11.4. The van der Waals surface area contributed by atoms with Gasteiger partial charge in [0.25, 0.3) is 0 Å². The summed E-state index contributed by atoms with van der Waals surface area (Å²) in [5.74, 6) is 0.802. The number of nitrogen functional groups attached to an aromatic ring is 1. The highest BCUT2D eigenvalue weighted by Crippen LogP contribution is 2.22. The summed E-state index contributed by atoms with van der Waals surface area (Å²) in [4.78, 5) is 0. The zero-order valence-corrected chi connectivity index (χ0v) is 9.26. The van der Waals surface area contributed by atoms with Gasteiger partial charge >= 0.3 is 0 Å². The zero-order valence-electron chi connectivity index (χ0n) is 9.26. The van der Waals surface area contributed by atoms with Crippen LogP contribution in [0.4, 0.5) is 5.69 Å². The summed E-state index contributed by atoms with van der Waals surface area (Å²) in [5, 5.41) is 0. The van der Waals surface area contributed by atoms with Gasteiger partial charge in [0.2, 0.25) is 0 Å². The van der Waals surface area contributed by atoms with Gasteiger partial charge in [-0.25, -0.2) is 0 Å². The van der Waals surface area contributed by atoms with E-state index >= 15 is 0 Å². The Morgan fingerprint density at radius 3 is 2.44 bits per heavy atom. The van der Waals surface area contributed by atoms with Crippen LogP contribution in [0.5, 0.6) is 5.75 Å². The fraction of sp³-hybridized carbons (Fsp3) is 0.143. The summed E-state index contributed by atoms with van der Waals surface area (Å²) in [5.41, 5.74) is 7.57. The minimum atomic E-state index is 0.0306. The Labute approximate surface area is 95.7 Å². The number of anilines is 1. The number of benzene rings is 2. The molecule has 82 valence electrons. The predicted molar refractivity (Wildman–Crippen MR) is 66.3 cm³/mol. The number of ether oxygens (including phenoxy) is 1. The standard InChI is InChI=1S/C14H15NO/c1-11(12-6-3-2-4-7-12)16-14-9-5-8-13(15)10-14/h2-11H,15H2,1H3/t11-/m1/s1. The molecule has 0 aromatic heterocycles. The van der Waals surface area contributed by atoms with Crippen LogP contribution in [0.1, 0.15) is 18.6 Å². The molecule has 0 saturated carbocycles. The van der Waals surface area contributed by atoms with Crippen molar-refractivity contribution < 1.29 is 4.74 Å². The van der Waals surface area contributed by atoms with E-state index in [1.54, 1.807) is 0 Å². The third kappa shape index (κ3) is 2.54. The maximum Gasteiger partial charge on any atom is 0.122 e. The quantitative estimate of drug-likeness (QED) is 0.793. The van der Waals surface area contributed by atoms with Crippen molar-refractivity contribution in [1.29, 1.82) is 0 Å².